The van der Waals surface area contributed by atoms with Crippen LogP contribution in [0.2, 0.25) is 0 Å². The molecule has 1 aromatic rings. The lowest BCUT2D eigenvalue weighted by atomic mass is 10.3. The fraction of sp³-hybridized carbons (Fsp3) is 0.385. The SMILES string of the molecule is O=CN1CCN(C(=O)C(=O)NCc2ccccn2)CC1. The number of nitrogens with one attached hydrogen (secondary N) is 1. The van der Waals surface area contributed by atoms with Crippen molar-refractivity contribution in [3.63, 3.8) is 0 Å². The minimum atomic E-state index is -0.643. The van der Waals surface area contributed by atoms with Crippen LogP contribution in [0.15, 0.2) is 24.4 Å². The van der Waals surface area contributed by atoms with Gasteiger partial charge in [-0.1, -0.05) is 6.07 Å². The van der Waals surface area contributed by atoms with Gasteiger partial charge in [0.15, 0.2) is 0 Å². The average Bonchev–Trinajstić information content (AvgIpc) is 2.53. The topological polar surface area (TPSA) is 82.6 Å². The van der Waals surface area contributed by atoms with Crippen molar-refractivity contribution in [1.29, 1.82) is 0 Å². The van der Waals surface area contributed by atoms with Crippen LogP contribution in [0.1, 0.15) is 5.69 Å². The lowest BCUT2D eigenvalue weighted by Gasteiger charge is -2.31. The summed E-state index contributed by atoms with van der Waals surface area (Å²) in [6, 6.07) is 5.37. The third-order valence-electron chi connectivity index (χ3n) is 3.10. The standard InChI is InChI=1S/C13H16N4O3/c18-10-16-5-7-17(8-6-16)13(20)12(19)15-9-11-3-1-2-4-14-11/h1-4,10H,5-9H2,(H,15,19). The van der Waals surface area contributed by atoms with E-state index in [0.717, 1.165) is 6.41 Å². The Bertz CT molecular complexity index is 484. The molecule has 0 aliphatic carbocycles. The number of pyridine rings is 1. The molecule has 0 unspecified atom stereocenters. The number of nitrogens with zero attached hydrogens (tertiary/aromatic N) is 3. The first kappa shape index (κ1) is 14.0. The molecule has 0 saturated carbocycles. The highest BCUT2D eigenvalue weighted by Gasteiger charge is 2.25. The maximum Gasteiger partial charge on any atom is 0.312 e. The van der Waals surface area contributed by atoms with Crippen molar-refractivity contribution in [3.05, 3.63) is 30.1 Å². The van der Waals surface area contributed by atoms with Crippen LogP contribution in [0.3, 0.4) is 0 Å². The molecule has 106 valence electrons. The van der Waals surface area contributed by atoms with Gasteiger partial charge < -0.3 is 15.1 Å². The number of carbonyl (C=O) groups is 3. The van der Waals surface area contributed by atoms with Crippen molar-refractivity contribution in [3.8, 4) is 0 Å². The van der Waals surface area contributed by atoms with Crippen LogP contribution in [0, 0.1) is 0 Å². The Balaban J connectivity index is 1.80. The van der Waals surface area contributed by atoms with Gasteiger partial charge in [-0.3, -0.25) is 19.4 Å². The fourth-order valence-electron chi connectivity index (χ4n) is 1.92. The van der Waals surface area contributed by atoms with Crippen molar-refractivity contribution in [2.75, 3.05) is 26.2 Å². The third-order valence-corrected chi connectivity index (χ3v) is 3.10. The summed E-state index contributed by atoms with van der Waals surface area (Å²) < 4.78 is 0. The molecule has 1 aliphatic heterocycles. The van der Waals surface area contributed by atoms with Gasteiger partial charge in [-0.05, 0) is 12.1 Å². The largest absolute Gasteiger partial charge is 0.342 e. The molecular weight excluding hydrogens is 260 g/mol. The van der Waals surface area contributed by atoms with Gasteiger partial charge in [0.2, 0.25) is 6.41 Å². The molecule has 0 aromatic carbocycles. The van der Waals surface area contributed by atoms with E-state index in [1.54, 1.807) is 23.2 Å². The quantitative estimate of drug-likeness (QED) is 0.567. The molecule has 1 aliphatic rings. The predicted molar refractivity (Wildman–Crippen MR) is 70.3 cm³/mol. The van der Waals surface area contributed by atoms with Crippen molar-refractivity contribution in [2.45, 2.75) is 6.54 Å². The molecule has 1 N–H and O–H groups in total. The van der Waals surface area contributed by atoms with E-state index in [4.69, 9.17) is 0 Å². The molecular formula is C13H16N4O3. The summed E-state index contributed by atoms with van der Waals surface area (Å²) >= 11 is 0. The Morgan fingerprint density at radius 3 is 2.60 bits per heavy atom. The lowest BCUT2D eigenvalue weighted by Crippen LogP contribution is -2.52. The van der Waals surface area contributed by atoms with Gasteiger partial charge in [-0.25, -0.2) is 0 Å². The van der Waals surface area contributed by atoms with E-state index in [1.165, 1.54) is 4.90 Å². The van der Waals surface area contributed by atoms with Crippen molar-refractivity contribution >= 4 is 18.2 Å². The summed E-state index contributed by atoms with van der Waals surface area (Å²) in [5, 5.41) is 2.55. The first-order valence-corrected chi connectivity index (χ1v) is 6.37. The number of hydrogen-bond donors (Lipinski definition) is 1. The predicted octanol–water partition coefficient (Wildman–Crippen LogP) is -1.00. The molecule has 7 heteroatoms. The summed E-state index contributed by atoms with van der Waals surface area (Å²) in [5.74, 6) is -1.21. The van der Waals surface area contributed by atoms with E-state index < -0.39 is 11.8 Å². The summed E-state index contributed by atoms with van der Waals surface area (Å²) in [6.07, 6.45) is 2.38. The van der Waals surface area contributed by atoms with E-state index >= 15 is 0 Å². The molecule has 2 rings (SSSR count). The van der Waals surface area contributed by atoms with E-state index in [2.05, 4.69) is 10.3 Å². The fourth-order valence-corrected chi connectivity index (χ4v) is 1.92. The summed E-state index contributed by atoms with van der Waals surface area (Å²) in [6.45, 7) is 1.91. The van der Waals surface area contributed by atoms with Gasteiger partial charge in [0, 0.05) is 32.4 Å². The van der Waals surface area contributed by atoms with Crippen LogP contribution >= 0.6 is 0 Å². The highest BCUT2D eigenvalue weighted by Crippen LogP contribution is 2.00. The number of aromatic nitrogens is 1. The molecule has 1 aromatic heterocycles. The van der Waals surface area contributed by atoms with Gasteiger partial charge in [0.1, 0.15) is 0 Å². The molecule has 1 fully saturated rings. The maximum atomic E-state index is 11.9. The molecule has 0 atom stereocenters. The van der Waals surface area contributed by atoms with Gasteiger partial charge >= 0.3 is 11.8 Å². The van der Waals surface area contributed by atoms with Crippen molar-refractivity contribution in [2.24, 2.45) is 0 Å². The Labute approximate surface area is 116 Å². The molecule has 0 radical (unpaired) electrons. The molecule has 20 heavy (non-hydrogen) atoms. The molecule has 3 amide bonds. The van der Waals surface area contributed by atoms with E-state index in [1.807, 2.05) is 6.07 Å². The molecule has 7 nitrogen and oxygen atoms in total. The number of hydrogen-bond acceptors (Lipinski definition) is 4. The maximum absolute atomic E-state index is 11.9. The lowest BCUT2D eigenvalue weighted by molar-refractivity contribution is -0.147. The van der Waals surface area contributed by atoms with E-state index in [9.17, 15) is 14.4 Å². The molecule has 0 bridgehead atoms. The van der Waals surface area contributed by atoms with Gasteiger partial charge in [0.25, 0.3) is 0 Å². The van der Waals surface area contributed by atoms with E-state index in [-0.39, 0.29) is 6.54 Å². The minimum absolute atomic E-state index is 0.222. The molecule has 1 saturated heterocycles. The first-order chi connectivity index (χ1) is 9.70. The highest BCUT2D eigenvalue weighted by atomic mass is 16.2. The van der Waals surface area contributed by atoms with Crippen LogP contribution in [-0.4, -0.2) is 59.2 Å². The normalized spacial score (nSPS) is 14.8. The Morgan fingerprint density at radius 2 is 2.00 bits per heavy atom. The second-order valence-electron chi connectivity index (χ2n) is 4.44. The minimum Gasteiger partial charge on any atom is -0.342 e. The zero-order valence-corrected chi connectivity index (χ0v) is 11.0. The van der Waals surface area contributed by atoms with Crippen molar-refractivity contribution < 1.29 is 14.4 Å². The Hall–Kier alpha value is -2.44. The van der Waals surface area contributed by atoms with Crippen LogP contribution in [0.5, 0.6) is 0 Å². The average molecular weight is 276 g/mol. The molecule has 2 heterocycles. The third kappa shape index (κ3) is 3.53. The monoisotopic (exact) mass is 276 g/mol. The number of piperazine rings is 1. The van der Waals surface area contributed by atoms with Crippen LogP contribution in [0.25, 0.3) is 0 Å². The van der Waals surface area contributed by atoms with Crippen LogP contribution < -0.4 is 5.32 Å². The van der Waals surface area contributed by atoms with Gasteiger partial charge in [0.05, 0.1) is 12.2 Å². The van der Waals surface area contributed by atoms with Crippen LogP contribution in [0.4, 0.5) is 0 Å². The summed E-state index contributed by atoms with van der Waals surface area (Å²) in [7, 11) is 0. The zero-order valence-electron chi connectivity index (χ0n) is 11.0. The van der Waals surface area contributed by atoms with Crippen molar-refractivity contribution in [1.82, 2.24) is 20.1 Å². The Morgan fingerprint density at radius 1 is 1.25 bits per heavy atom. The first-order valence-electron chi connectivity index (χ1n) is 6.37. The van der Waals surface area contributed by atoms with Gasteiger partial charge in [-0.2, -0.15) is 0 Å². The zero-order chi connectivity index (χ0) is 14.4. The Kier molecular flexibility index (Phi) is 4.65. The van der Waals surface area contributed by atoms with Gasteiger partial charge in [-0.15, -0.1) is 0 Å². The number of rotatable bonds is 3. The summed E-state index contributed by atoms with van der Waals surface area (Å²) in [4.78, 5) is 41.3. The number of amides is 3. The van der Waals surface area contributed by atoms with E-state index in [0.29, 0.717) is 31.9 Å². The second-order valence-corrected chi connectivity index (χ2v) is 4.44. The molecule has 0 spiro atoms. The second kappa shape index (κ2) is 6.65. The smallest absolute Gasteiger partial charge is 0.312 e. The highest BCUT2D eigenvalue weighted by molar-refractivity contribution is 6.34. The van der Waals surface area contributed by atoms with Crippen LogP contribution in [-0.2, 0) is 20.9 Å². The number of carbonyl (C=O) groups excluding carboxylic acids is 3. The summed E-state index contributed by atoms with van der Waals surface area (Å²) in [5.41, 5.74) is 0.694.